The van der Waals surface area contributed by atoms with Gasteiger partial charge in [-0.1, -0.05) is 5.16 Å². The molecule has 2 heterocycles. The van der Waals surface area contributed by atoms with Crippen molar-refractivity contribution in [2.24, 2.45) is 0 Å². The number of benzene rings is 1. The molecule has 28 heavy (non-hydrogen) atoms. The quantitative estimate of drug-likeness (QED) is 0.656. The lowest BCUT2D eigenvalue weighted by molar-refractivity contribution is 0.0845. The summed E-state index contributed by atoms with van der Waals surface area (Å²) >= 11 is 0. The average molecular weight is 383 g/mol. The van der Waals surface area contributed by atoms with Crippen molar-refractivity contribution < 1.29 is 23.3 Å². The van der Waals surface area contributed by atoms with Crippen LogP contribution in [0.25, 0.3) is 0 Å². The first-order valence-corrected chi connectivity index (χ1v) is 8.67. The molecule has 0 fully saturated rings. The lowest BCUT2D eigenvalue weighted by Gasteiger charge is -2.09. The Morgan fingerprint density at radius 3 is 2.25 bits per heavy atom. The number of nitrogens with zero attached hydrogens (tertiary/aromatic N) is 1. The average Bonchev–Trinajstić information content (AvgIpc) is 3.18. The molecule has 1 aromatic carbocycles. The van der Waals surface area contributed by atoms with Gasteiger partial charge in [0.2, 0.25) is 0 Å². The van der Waals surface area contributed by atoms with Gasteiger partial charge >= 0.3 is 0 Å². The van der Waals surface area contributed by atoms with E-state index in [-0.39, 0.29) is 0 Å². The second-order valence-corrected chi connectivity index (χ2v) is 6.35. The lowest BCUT2D eigenvalue weighted by Crippen LogP contribution is -2.41. The van der Waals surface area contributed by atoms with Gasteiger partial charge in [0.1, 0.15) is 29.6 Å². The minimum absolute atomic E-state index is 0.326. The van der Waals surface area contributed by atoms with Crippen molar-refractivity contribution >= 4 is 11.8 Å². The van der Waals surface area contributed by atoms with Crippen LogP contribution in [0.4, 0.5) is 0 Å². The highest BCUT2D eigenvalue weighted by Gasteiger charge is 2.15. The summed E-state index contributed by atoms with van der Waals surface area (Å²) in [6, 6.07) is 8.19. The van der Waals surface area contributed by atoms with Crippen molar-refractivity contribution in [1.29, 1.82) is 0 Å². The Balaban J connectivity index is 1.55. The summed E-state index contributed by atoms with van der Waals surface area (Å²) < 4.78 is 16.1. The summed E-state index contributed by atoms with van der Waals surface area (Å²) in [5.41, 5.74) is 7.19. The smallest absolute Gasteiger partial charge is 0.273 e. The van der Waals surface area contributed by atoms with Crippen LogP contribution in [-0.2, 0) is 6.61 Å². The highest BCUT2D eigenvalue weighted by molar-refractivity contribution is 5.99. The molecule has 0 aliphatic carbocycles. The summed E-state index contributed by atoms with van der Waals surface area (Å²) in [4.78, 5) is 24.3. The Morgan fingerprint density at radius 1 is 1.00 bits per heavy atom. The van der Waals surface area contributed by atoms with Gasteiger partial charge in [0.05, 0.1) is 16.8 Å². The first-order valence-electron chi connectivity index (χ1n) is 8.67. The van der Waals surface area contributed by atoms with Crippen LogP contribution in [0.5, 0.6) is 5.75 Å². The number of carbonyl (C=O) groups excluding carboxylic acids is 2. The number of aromatic nitrogens is 1. The number of furan rings is 1. The second-order valence-electron chi connectivity index (χ2n) is 6.35. The van der Waals surface area contributed by atoms with E-state index in [1.165, 1.54) is 0 Å². The fourth-order valence-corrected chi connectivity index (χ4v) is 2.68. The third kappa shape index (κ3) is 4.22. The molecule has 0 atom stereocenters. The molecule has 3 aromatic rings. The number of aryl methyl sites for hydroxylation is 4. The molecule has 0 aliphatic heterocycles. The number of hydrogen-bond donors (Lipinski definition) is 2. The summed E-state index contributed by atoms with van der Waals surface area (Å²) in [7, 11) is 0. The monoisotopic (exact) mass is 383 g/mol. The van der Waals surface area contributed by atoms with Gasteiger partial charge < -0.3 is 13.7 Å². The molecule has 0 bridgehead atoms. The molecule has 2 aromatic heterocycles. The molecule has 0 saturated heterocycles. The van der Waals surface area contributed by atoms with E-state index >= 15 is 0 Å². The molecule has 2 N–H and O–H groups in total. The maximum Gasteiger partial charge on any atom is 0.273 e. The van der Waals surface area contributed by atoms with E-state index in [0.717, 1.165) is 11.3 Å². The third-order valence-corrected chi connectivity index (χ3v) is 4.26. The number of amides is 2. The number of hydrogen-bond acceptors (Lipinski definition) is 6. The predicted octanol–water partition coefficient (Wildman–Crippen LogP) is 3.16. The molecule has 0 radical (unpaired) electrons. The highest BCUT2D eigenvalue weighted by Crippen LogP contribution is 2.18. The van der Waals surface area contributed by atoms with Crippen LogP contribution in [0.3, 0.4) is 0 Å². The summed E-state index contributed by atoms with van der Waals surface area (Å²) in [6.07, 6.45) is 0. The molecule has 8 nitrogen and oxygen atoms in total. The third-order valence-electron chi connectivity index (χ3n) is 4.26. The zero-order valence-corrected chi connectivity index (χ0v) is 16.1. The molecule has 2 amide bonds. The maximum atomic E-state index is 12.2. The molecule has 0 aliphatic rings. The summed E-state index contributed by atoms with van der Waals surface area (Å²) in [5.74, 6) is 1.55. The van der Waals surface area contributed by atoms with Crippen molar-refractivity contribution in [3.8, 4) is 5.75 Å². The van der Waals surface area contributed by atoms with Crippen LogP contribution in [0.2, 0.25) is 0 Å². The van der Waals surface area contributed by atoms with E-state index in [2.05, 4.69) is 16.0 Å². The second kappa shape index (κ2) is 7.99. The highest BCUT2D eigenvalue weighted by atomic mass is 16.5. The van der Waals surface area contributed by atoms with E-state index in [0.29, 0.717) is 40.8 Å². The van der Waals surface area contributed by atoms with Crippen LogP contribution in [0.15, 0.2) is 39.3 Å². The van der Waals surface area contributed by atoms with Gasteiger partial charge in [-0.15, -0.1) is 0 Å². The fraction of sp³-hybridized carbons (Fsp3) is 0.250. The number of ether oxygens (including phenoxy) is 1. The molecule has 0 saturated carbocycles. The number of rotatable bonds is 5. The lowest BCUT2D eigenvalue weighted by atomic mass is 10.2. The van der Waals surface area contributed by atoms with E-state index < -0.39 is 11.8 Å². The number of hydrazine groups is 1. The van der Waals surface area contributed by atoms with Gasteiger partial charge in [-0.3, -0.25) is 20.4 Å². The summed E-state index contributed by atoms with van der Waals surface area (Å²) in [5, 5.41) is 3.88. The summed E-state index contributed by atoms with van der Waals surface area (Å²) in [6.45, 7) is 7.44. The van der Waals surface area contributed by atoms with E-state index in [9.17, 15) is 9.59 Å². The largest absolute Gasteiger partial charge is 0.489 e. The molecule has 0 unspecified atom stereocenters. The Labute approximate surface area is 161 Å². The predicted molar refractivity (Wildman–Crippen MR) is 99.9 cm³/mol. The van der Waals surface area contributed by atoms with E-state index in [4.69, 9.17) is 13.7 Å². The first-order chi connectivity index (χ1) is 13.3. The normalized spacial score (nSPS) is 10.6. The van der Waals surface area contributed by atoms with Crippen LogP contribution in [0.1, 0.15) is 49.3 Å². The van der Waals surface area contributed by atoms with Crippen LogP contribution in [-0.4, -0.2) is 17.0 Å². The molecule has 8 heteroatoms. The van der Waals surface area contributed by atoms with Crippen molar-refractivity contribution in [2.45, 2.75) is 34.3 Å². The van der Waals surface area contributed by atoms with Gasteiger partial charge in [-0.2, -0.15) is 0 Å². The standard InChI is InChI=1S/C20H21N3O5/c1-11-9-17(13(3)27-11)20(25)22-21-19(24)15-5-7-16(8-6-15)26-10-18-12(2)23-28-14(18)4/h5-9H,10H2,1-4H3,(H,21,24)(H,22,25). The van der Waals surface area contributed by atoms with Gasteiger partial charge in [0, 0.05) is 5.56 Å². The van der Waals surface area contributed by atoms with E-state index in [1.54, 1.807) is 44.2 Å². The minimum atomic E-state index is -0.442. The zero-order chi connectivity index (χ0) is 20.3. The maximum absolute atomic E-state index is 12.2. The molecule has 0 spiro atoms. The molecule has 146 valence electrons. The van der Waals surface area contributed by atoms with Crippen LogP contribution >= 0.6 is 0 Å². The van der Waals surface area contributed by atoms with Gasteiger partial charge in [-0.25, -0.2) is 0 Å². The Hall–Kier alpha value is -3.55. The minimum Gasteiger partial charge on any atom is -0.489 e. The van der Waals surface area contributed by atoms with Crippen LogP contribution < -0.4 is 15.6 Å². The zero-order valence-electron chi connectivity index (χ0n) is 16.1. The Kier molecular flexibility index (Phi) is 5.49. The Morgan fingerprint density at radius 2 is 1.68 bits per heavy atom. The van der Waals surface area contributed by atoms with Crippen molar-refractivity contribution in [2.75, 3.05) is 0 Å². The van der Waals surface area contributed by atoms with Crippen molar-refractivity contribution in [3.63, 3.8) is 0 Å². The fourth-order valence-electron chi connectivity index (χ4n) is 2.68. The van der Waals surface area contributed by atoms with Gasteiger partial charge in [0.25, 0.3) is 11.8 Å². The molecular weight excluding hydrogens is 362 g/mol. The SMILES string of the molecule is Cc1cc(C(=O)NNC(=O)c2ccc(OCc3c(C)noc3C)cc2)c(C)o1. The number of nitrogens with one attached hydrogen (secondary N) is 2. The van der Waals surface area contributed by atoms with E-state index in [1.807, 2.05) is 13.8 Å². The van der Waals surface area contributed by atoms with Crippen LogP contribution in [0, 0.1) is 27.7 Å². The number of carbonyl (C=O) groups is 2. The molecule has 3 rings (SSSR count). The Bertz CT molecular complexity index is 982. The topological polar surface area (TPSA) is 107 Å². The molecular formula is C20H21N3O5. The van der Waals surface area contributed by atoms with Crippen molar-refractivity contribution in [1.82, 2.24) is 16.0 Å². The van der Waals surface area contributed by atoms with Crippen molar-refractivity contribution in [3.05, 3.63) is 70.0 Å². The van der Waals surface area contributed by atoms with Gasteiger partial charge in [-0.05, 0) is 58.0 Å². The van der Waals surface area contributed by atoms with Gasteiger partial charge in [0.15, 0.2) is 0 Å². The first kappa shape index (κ1) is 19.2.